The molecular formula is C27H26N4O2S. The summed E-state index contributed by atoms with van der Waals surface area (Å²) in [7, 11) is 4.00. The molecule has 0 aliphatic carbocycles. The van der Waals surface area contributed by atoms with Crippen molar-refractivity contribution in [3.8, 4) is 0 Å². The lowest BCUT2D eigenvalue weighted by Gasteiger charge is -2.12. The summed E-state index contributed by atoms with van der Waals surface area (Å²) in [4.78, 5) is 17.4. The van der Waals surface area contributed by atoms with E-state index >= 15 is 0 Å². The molecule has 0 bridgehead atoms. The maximum Gasteiger partial charge on any atom is 0.267 e. The molecule has 1 aliphatic heterocycles. The van der Waals surface area contributed by atoms with E-state index < -0.39 is 0 Å². The van der Waals surface area contributed by atoms with Crippen molar-refractivity contribution in [1.82, 2.24) is 4.90 Å². The maximum absolute atomic E-state index is 13.2. The Kier molecular flexibility index (Phi) is 7.44. The SMILES string of the molecule is CC(/C=C1\S/C(=N/N=C\c2ccc(N(C)C)cc2)N(Cc2ccco2)C1=O)=C\c1ccccc1. The number of benzene rings is 2. The Morgan fingerprint density at radius 1 is 1.03 bits per heavy atom. The molecule has 1 aliphatic rings. The lowest BCUT2D eigenvalue weighted by Crippen LogP contribution is -2.28. The van der Waals surface area contributed by atoms with Crippen molar-refractivity contribution in [2.75, 3.05) is 19.0 Å². The number of nitrogens with zero attached hydrogens (tertiary/aromatic N) is 4. The van der Waals surface area contributed by atoms with Gasteiger partial charge in [0.1, 0.15) is 5.76 Å². The Morgan fingerprint density at radius 2 is 1.79 bits per heavy atom. The van der Waals surface area contributed by atoms with Crippen molar-refractivity contribution in [2.45, 2.75) is 13.5 Å². The van der Waals surface area contributed by atoms with Crippen molar-refractivity contribution < 1.29 is 9.21 Å². The minimum atomic E-state index is -0.119. The molecule has 0 atom stereocenters. The summed E-state index contributed by atoms with van der Waals surface area (Å²) < 4.78 is 5.46. The number of thioether (sulfide) groups is 1. The molecule has 4 rings (SSSR count). The number of furan rings is 1. The molecule has 0 spiro atoms. The minimum Gasteiger partial charge on any atom is -0.467 e. The van der Waals surface area contributed by atoms with E-state index in [2.05, 4.69) is 10.2 Å². The second-order valence-electron chi connectivity index (χ2n) is 7.99. The number of allylic oxidation sites excluding steroid dienone is 2. The highest BCUT2D eigenvalue weighted by molar-refractivity contribution is 8.18. The van der Waals surface area contributed by atoms with Crippen LogP contribution in [0.1, 0.15) is 23.8 Å². The molecule has 172 valence electrons. The van der Waals surface area contributed by atoms with E-state index in [-0.39, 0.29) is 5.91 Å². The predicted octanol–water partition coefficient (Wildman–Crippen LogP) is 5.80. The van der Waals surface area contributed by atoms with Crippen LogP contribution in [0.4, 0.5) is 5.69 Å². The molecule has 0 saturated carbocycles. The summed E-state index contributed by atoms with van der Waals surface area (Å²) >= 11 is 1.31. The minimum absolute atomic E-state index is 0.119. The Balaban J connectivity index is 1.57. The number of anilines is 1. The van der Waals surface area contributed by atoms with Gasteiger partial charge in [0.05, 0.1) is 23.9 Å². The Morgan fingerprint density at radius 3 is 2.47 bits per heavy atom. The van der Waals surface area contributed by atoms with Crippen molar-refractivity contribution in [3.63, 3.8) is 0 Å². The van der Waals surface area contributed by atoms with E-state index in [1.807, 2.05) is 98.7 Å². The molecule has 0 N–H and O–H groups in total. The fraction of sp³-hybridized carbons (Fsp3) is 0.148. The van der Waals surface area contributed by atoms with Crippen molar-refractivity contribution in [1.29, 1.82) is 0 Å². The first-order chi connectivity index (χ1) is 16.5. The van der Waals surface area contributed by atoms with E-state index in [9.17, 15) is 4.79 Å². The van der Waals surface area contributed by atoms with Crippen molar-refractivity contribution in [3.05, 3.63) is 106 Å². The van der Waals surface area contributed by atoms with Crippen molar-refractivity contribution in [2.24, 2.45) is 10.2 Å². The molecule has 2 aromatic carbocycles. The molecule has 1 fully saturated rings. The second-order valence-corrected chi connectivity index (χ2v) is 9.00. The summed E-state index contributed by atoms with van der Waals surface area (Å²) in [5.41, 5.74) is 4.10. The van der Waals surface area contributed by atoms with Gasteiger partial charge in [0, 0.05) is 19.8 Å². The summed E-state index contributed by atoms with van der Waals surface area (Å²) in [5.74, 6) is 0.564. The lowest BCUT2D eigenvalue weighted by molar-refractivity contribution is -0.122. The van der Waals surface area contributed by atoms with Gasteiger partial charge in [-0.3, -0.25) is 9.69 Å². The molecule has 2 heterocycles. The van der Waals surface area contributed by atoms with E-state index in [0.29, 0.717) is 22.4 Å². The van der Waals surface area contributed by atoms with Gasteiger partial charge in [-0.05, 0) is 65.7 Å². The molecule has 34 heavy (non-hydrogen) atoms. The van der Waals surface area contributed by atoms with Crippen LogP contribution in [0.3, 0.4) is 0 Å². The van der Waals surface area contributed by atoms with Crippen LogP contribution in [0.2, 0.25) is 0 Å². The fourth-order valence-corrected chi connectivity index (χ4v) is 4.33. The monoisotopic (exact) mass is 470 g/mol. The summed E-state index contributed by atoms with van der Waals surface area (Å²) in [6.07, 6.45) is 7.22. The zero-order valence-corrected chi connectivity index (χ0v) is 20.2. The third-order valence-corrected chi connectivity index (χ3v) is 6.09. The van der Waals surface area contributed by atoms with Crippen LogP contribution in [0.25, 0.3) is 6.08 Å². The summed E-state index contributed by atoms with van der Waals surface area (Å²) in [6, 6.07) is 21.7. The van der Waals surface area contributed by atoms with Crippen LogP contribution in [0.5, 0.6) is 0 Å². The topological polar surface area (TPSA) is 61.4 Å². The largest absolute Gasteiger partial charge is 0.467 e. The van der Waals surface area contributed by atoms with Crippen LogP contribution >= 0.6 is 11.8 Å². The predicted molar refractivity (Wildman–Crippen MR) is 141 cm³/mol. The second kappa shape index (κ2) is 10.9. The molecule has 1 amide bonds. The average molecular weight is 471 g/mol. The van der Waals surface area contributed by atoms with Gasteiger partial charge in [0.2, 0.25) is 0 Å². The smallest absolute Gasteiger partial charge is 0.267 e. The third kappa shape index (κ3) is 5.94. The van der Waals surface area contributed by atoms with Gasteiger partial charge in [-0.1, -0.05) is 48.5 Å². The molecule has 7 heteroatoms. The molecule has 0 unspecified atom stereocenters. The summed E-state index contributed by atoms with van der Waals surface area (Å²) in [6.45, 7) is 2.28. The Hall–Kier alpha value is -3.84. The standard InChI is InChI=1S/C27H26N4O2S/c1-20(16-21-8-5-4-6-9-21)17-25-26(32)31(19-24-10-7-15-33-24)27(34-25)29-28-18-22-11-13-23(14-12-22)30(2)3/h4-18H,19H2,1-3H3/b20-16+,25-17-,28-18-,29-27+. The quantitative estimate of drug-likeness (QED) is 0.249. The van der Waals surface area contributed by atoms with Crippen LogP contribution in [0, 0.1) is 0 Å². The molecule has 0 radical (unpaired) electrons. The molecule has 1 saturated heterocycles. The Labute approximate surface area is 204 Å². The highest BCUT2D eigenvalue weighted by Crippen LogP contribution is 2.33. The van der Waals surface area contributed by atoms with E-state index in [0.717, 1.165) is 22.4 Å². The summed E-state index contributed by atoms with van der Waals surface area (Å²) in [5, 5.41) is 9.14. The first-order valence-corrected chi connectivity index (χ1v) is 11.7. The number of carbonyl (C=O) groups is 1. The molecular weight excluding hydrogens is 444 g/mol. The van der Waals surface area contributed by atoms with Crippen LogP contribution < -0.4 is 4.90 Å². The average Bonchev–Trinajstić information content (AvgIpc) is 3.44. The number of carbonyl (C=O) groups excluding carboxylic acids is 1. The zero-order chi connectivity index (χ0) is 23.9. The van der Waals surface area contributed by atoms with Gasteiger partial charge in [-0.25, -0.2) is 0 Å². The van der Waals surface area contributed by atoms with Gasteiger partial charge in [0.15, 0.2) is 5.17 Å². The zero-order valence-electron chi connectivity index (χ0n) is 19.4. The first-order valence-electron chi connectivity index (χ1n) is 10.8. The lowest BCUT2D eigenvalue weighted by atomic mass is 10.1. The van der Waals surface area contributed by atoms with Gasteiger partial charge >= 0.3 is 0 Å². The fourth-order valence-electron chi connectivity index (χ4n) is 3.34. The molecule has 3 aromatic rings. The van der Waals surface area contributed by atoms with Crippen LogP contribution in [-0.2, 0) is 11.3 Å². The number of amides is 1. The van der Waals surface area contributed by atoms with E-state index in [1.54, 1.807) is 23.4 Å². The highest BCUT2D eigenvalue weighted by atomic mass is 32.2. The Bertz CT molecular complexity index is 1240. The van der Waals surface area contributed by atoms with E-state index in [1.165, 1.54) is 11.8 Å². The number of amidine groups is 1. The molecule has 6 nitrogen and oxygen atoms in total. The van der Waals surface area contributed by atoms with Crippen LogP contribution in [0.15, 0.2) is 104 Å². The van der Waals surface area contributed by atoms with E-state index in [4.69, 9.17) is 4.42 Å². The molecule has 1 aromatic heterocycles. The maximum atomic E-state index is 13.2. The number of hydrogen-bond acceptors (Lipinski definition) is 6. The first kappa shape index (κ1) is 23.3. The van der Waals surface area contributed by atoms with Crippen LogP contribution in [-0.4, -0.2) is 36.3 Å². The van der Waals surface area contributed by atoms with Gasteiger partial charge in [-0.2, -0.15) is 5.10 Å². The highest BCUT2D eigenvalue weighted by Gasteiger charge is 2.34. The third-order valence-electron chi connectivity index (χ3n) is 5.09. The number of hydrogen-bond donors (Lipinski definition) is 0. The normalized spacial score (nSPS) is 16.9. The van der Waals surface area contributed by atoms with Crippen molar-refractivity contribution >= 4 is 40.8 Å². The van der Waals surface area contributed by atoms with Gasteiger partial charge < -0.3 is 9.32 Å². The van der Waals surface area contributed by atoms with Gasteiger partial charge in [0.25, 0.3) is 5.91 Å². The number of rotatable bonds is 7. The van der Waals surface area contributed by atoms with Gasteiger partial charge in [-0.15, -0.1) is 5.10 Å².